The fraction of sp³-hybridized carbons (Fsp3) is 0.217. The number of fused-ring (bicyclic) bond motifs is 1. The van der Waals surface area contributed by atoms with Gasteiger partial charge in [-0.25, -0.2) is 14.5 Å². The summed E-state index contributed by atoms with van der Waals surface area (Å²) < 4.78 is 6.79. The highest BCUT2D eigenvalue weighted by Crippen LogP contribution is 2.33. The predicted octanol–water partition coefficient (Wildman–Crippen LogP) is 4.40. The van der Waals surface area contributed by atoms with Gasteiger partial charge in [-0.05, 0) is 30.1 Å². The van der Waals surface area contributed by atoms with Gasteiger partial charge in [0.2, 0.25) is 5.90 Å². The first-order valence-corrected chi connectivity index (χ1v) is 9.99. The largest absolute Gasteiger partial charge is 0.481 e. The molecule has 0 fully saturated rings. The first kappa shape index (κ1) is 22.2. The maximum Gasteiger partial charge on any atom is 0.274 e. The molecule has 160 valence electrons. The number of hydrogen-bond donors (Lipinski definition) is 0. The van der Waals surface area contributed by atoms with E-state index < -0.39 is 0 Å². The molecule has 1 aliphatic rings. The molecule has 7 nitrogen and oxygen atoms in total. The van der Waals surface area contributed by atoms with Gasteiger partial charge in [0.05, 0.1) is 24.4 Å². The molecule has 0 spiro atoms. The summed E-state index contributed by atoms with van der Waals surface area (Å²) in [5.41, 5.74) is 3.97. The van der Waals surface area contributed by atoms with Crippen molar-refractivity contribution in [2.45, 2.75) is 19.4 Å². The van der Waals surface area contributed by atoms with Crippen LogP contribution < -0.4 is 0 Å². The number of amides is 1. The van der Waals surface area contributed by atoms with Crippen molar-refractivity contribution in [1.29, 1.82) is 0 Å². The number of ether oxygens (including phenoxy) is 1. The van der Waals surface area contributed by atoms with E-state index in [1.165, 1.54) is 24.0 Å². The standard InChI is InChI=1S/C23H24ClN5O2/c1-7-18-16(5)28(10-9-19(18)14(3)15(4)22(31-6)25-8-2)23(30)20-11-21-26-12-17(24)13-29(21)27-20/h7-8,11-13,16H,1-4,9-10H2,5-6H3. The minimum Gasteiger partial charge on any atom is -0.481 e. The van der Waals surface area contributed by atoms with Gasteiger partial charge in [-0.15, -0.1) is 0 Å². The van der Waals surface area contributed by atoms with Crippen LogP contribution in [0.15, 0.2) is 84.3 Å². The Kier molecular flexibility index (Phi) is 6.56. The molecule has 0 N–H and O–H groups in total. The number of hydrogen-bond acceptors (Lipinski definition) is 5. The van der Waals surface area contributed by atoms with Gasteiger partial charge in [0.1, 0.15) is 0 Å². The number of aromatic nitrogens is 3. The Morgan fingerprint density at radius 3 is 2.77 bits per heavy atom. The van der Waals surface area contributed by atoms with E-state index in [1.54, 1.807) is 23.2 Å². The highest BCUT2D eigenvalue weighted by Gasteiger charge is 2.32. The van der Waals surface area contributed by atoms with Gasteiger partial charge >= 0.3 is 0 Å². The molecular formula is C23H24ClN5O2. The number of carbonyl (C=O) groups excluding carboxylic acids is 1. The number of methoxy groups -OCH3 is 1. The van der Waals surface area contributed by atoms with Crippen LogP contribution in [-0.2, 0) is 4.74 Å². The number of rotatable bonds is 6. The van der Waals surface area contributed by atoms with E-state index in [9.17, 15) is 4.79 Å². The van der Waals surface area contributed by atoms with Crippen LogP contribution >= 0.6 is 11.6 Å². The molecule has 3 rings (SSSR count). The summed E-state index contributed by atoms with van der Waals surface area (Å²) in [6, 6.07) is 1.41. The molecule has 1 aliphatic heterocycles. The normalized spacial score (nSPS) is 16.9. The van der Waals surface area contributed by atoms with E-state index in [0.29, 0.717) is 46.4 Å². The van der Waals surface area contributed by atoms with Gasteiger partial charge in [-0.3, -0.25) is 4.79 Å². The second-order valence-electron chi connectivity index (χ2n) is 6.95. The lowest BCUT2D eigenvalue weighted by atomic mass is 9.86. The summed E-state index contributed by atoms with van der Waals surface area (Å²) in [5.74, 6) is 0.153. The second-order valence-corrected chi connectivity index (χ2v) is 7.38. The smallest absolute Gasteiger partial charge is 0.274 e. The molecular weight excluding hydrogens is 414 g/mol. The Hall–Kier alpha value is -3.45. The molecule has 2 aromatic heterocycles. The zero-order valence-corrected chi connectivity index (χ0v) is 18.4. The Bertz CT molecular complexity index is 1160. The molecule has 2 aromatic rings. The van der Waals surface area contributed by atoms with Crippen LogP contribution in [0.25, 0.3) is 5.65 Å². The van der Waals surface area contributed by atoms with Crippen LogP contribution in [-0.4, -0.2) is 51.0 Å². The Morgan fingerprint density at radius 1 is 1.39 bits per heavy atom. The van der Waals surface area contributed by atoms with Crippen molar-refractivity contribution in [1.82, 2.24) is 19.5 Å². The van der Waals surface area contributed by atoms with Crippen LogP contribution in [0.5, 0.6) is 0 Å². The molecule has 8 heteroatoms. The molecule has 0 aromatic carbocycles. The lowest BCUT2D eigenvalue weighted by molar-refractivity contribution is 0.0703. The highest BCUT2D eigenvalue weighted by atomic mass is 35.5. The summed E-state index contributed by atoms with van der Waals surface area (Å²) in [4.78, 5) is 23.3. The Labute approximate surface area is 186 Å². The van der Waals surface area contributed by atoms with E-state index >= 15 is 0 Å². The molecule has 31 heavy (non-hydrogen) atoms. The van der Waals surface area contributed by atoms with E-state index in [0.717, 1.165) is 11.1 Å². The number of halogens is 1. The molecule has 1 amide bonds. The predicted molar refractivity (Wildman–Crippen MR) is 123 cm³/mol. The minimum absolute atomic E-state index is 0.192. The molecule has 0 saturated carbocycles. The lowest BCUT2D eigenvalue weighted by Gasteiger charge is -2.36. The van der Waals surface area contributed by atoms with Crippen molar-refractivity contribution in [2.75, 3.05) is 13.7 Å². The molecule has 0 radical (unpaired) electrons. The lowest BCUT2D eigenvalue weighted by Crippen LogP contribution is -2.43. The summed E-state index contributed by atoms with van der Waals surface area (Å²) in [7, 11) is 1.52. The van der Waals surface area contributed by atoms with Gasteiger partial charge in [-0.1, -0.05) is 44.0 Å². The van der Waals surface area contributed by atoms with Crippen molar-refractivity contribution in [3.05, 3.63) is 90.1 Å². The van der Waals surface area contributed by atoms with Crippen molar-refractivity contribution in [2.24, 2.45) is 4.99 Å². The van der Waals surface area contributed by atoms with E-state index in [-0.39, 0.29) is 11.9 Å². The quantitative estimate of drug-likeness (QED) is 0.381. The van der Waals surface area contributed by atoms with Crippen LogP contribution in [0.2, 0.25) is 5.02 Å². The number of aliphatic imine (C=N–C) groups is 1. The fourth-order valence-corrected chi connectivity index (χ4v) is 3.78. The highest BCUT2D eigenvalue weighted by molar-refractivity contribution is 6.30. The maximum absolute atomic E-state index is 13.2. The van der Waals surface area contributed by atoms with Gasteiger partial charge in [0.25, 0.3) is 5.91 Å². The van der Waals surface area contributed by atoms with Gasteiger partial charge in [0.15, 0.2) is 11.3 Å². The van der Waals surface area contributed by atoms with Crippen LogP contribution in [0.1, 0.15) is 23.8 Å². The van der Waals surface area contributed by atoms with Gasteiger partial charge in [0, 0.05) is 30.6 Å². The van der Waals surface area contributed by atoms with Crippen molar-refractivity contribution in [3.8, 4) is 0 Å². The number of nitrogens with zero attached hydrogens (tertiary/aromatic N) is 5. The first-order valence-electron chi connectivity index (χ1n) is 9.61. The van der Waals surface area contributed by atoms with Gasteiger partial charge in [-0.2, -0.15) is 5.10 Å². The summed E-state index contributed by atoms with van der Waals surface area (Å²) in [6.07, 6.45) is 6.85. The van der Waals surface area contributed by atoms with Crippen molar-refractivity contribution in [3.63, 3.8) is 0 Å². The van der Waals surface area contributed by atoms with Gasteiger partial charge < -0.3 is 9.64 Å². The van der Waals surface area contributed by atoms with Crippen molar-refractivity contribution >= 4 is 29.1 Å². The second kappa shape index (κ2) is 9.14. The topological polar surface area (TPSA) is 72.1 Å². The molecule has 3 heterocycles. The zero-order valence-electron chi connectivity index (χ0n) is 17.6. The average molecular weight is 438 g/mol. The molecule has 0 aliphatic carbocycles. The van der Waals surface area contributed by atoms with Crippen LogP contribution in [0, 0.1) is 0 Å². The van der Waals surface area contributed by atoms with Crippen LogP contribution in [0.3, 0.4) is 0 Å². The maximum atomic E-state index is 13.2. The molecule has 0 bridgehead atoms. The summed E-state index contributed by atoms with van der Waals surface area (Å²) in [5, 5.41) is 4.78. The average Bonchev–Trinajstić information content (AvgIpc) is 3.19. The third kappa shape index (κ3) is 4.22. The van der Waals surface area contributed by atoms with E-state index in [2.05, 4.69) is 41.4 Å². The summed E-state index contributed by atoms with van der Waals surface area (Å²) in [6.45, 7) is 18.2. The fourth-order valence-electron chi connectivity index (χ4n) is 3.64. The minimum atomic E-state index is -0.234. The molecule has 0 saturated heterocycles. The van der Waals surface area contributed by atoms with Crippen LogP contribution in [0.4, 0.5) is 0 Å². The monoisotopic (exact) mass is 437 g/mol. The SMILES string of the molecule is C=CN=C(OC)C(=C)C(=C)C1=C(C=C)C(C)N(C(=O)c2cc3ncc(Cl)cn3n2)CC1. The zero-order chi connectivity index (χ0) is 22.7. The molecule has 1 atom stereocenters. The number of carbonyl (C=O) groups is 1. The summed E-state index contributed by atoms with van der Waals surface area (Å²) >= 11 is 5.97. The molecule has 1 unspecified atom stereocenters. The van der Waals surface area contributed by atoms with E-state index in [4.69, 9.17) is 16.3 Å². The Morgan fingerprint density at radius 2 is 2.13 bits per heavy atom. The third-order valence-corrected chi connectivity index (χ3v) is 5.43. The third-order valence-electron chi connectivity index (χ3n) is 5.24. The van der Waals surface area contributed by atoms with E-state index in [1.807, 2.05) is 6.92 Å². The van der Waals surface area contributed by atoms with Crippen molar-refractivity contribution < 1.29 is 9.53 Å². The first-order chi connectivity index (χ1) is 14.8. The Balaban J connectivity index is 1.91.